The summed E-state index contributed by atoms with van der Waals surface area (Å²) in [6.45, 7) is 14.8. The maximum Gasteiger partial charge on any atom is 0.316 e. The third kappa shape index (κ3) is 4.56. The number of hydrogen-bond donors (Lipinski definition) is 0. The van der Waals surface area contributed by atoms with Gasteiger partial charge in [0.25, 0.3) is 0 Å². The van der Waals surface area contributed by atoms with Gasteiger partial charge in [0, 0.05) is 11.5 Å². The number of esters is 1. The van der Waals surface area contributed by atoms with E-state index in [2.05, 4.69) is 76.2 Å². The van der Waals surface area contributed by atoms with E-state index >= 15 is 0 Å². The molecule has 0 atom stereocenters. The summed E-state index contributed by atoms with van der Waals surface area (Å²) in [5.74, 6) is 0.451. The summed E-state index contributed by atoms with van der Waals surface area (Å²) in [4.78, 5) is 17.8. The molecule has 0 unspecified atom stereocenters. The van der Waals surface area contributed by atoms with E-state index in [9.17, 15) is 4.79 Å². The quantitative estimate of drug-likeness (QED) is 0.262. The van der Waals surface area contributed by atoms with Crippen molar-refractivity contribution in [1.82, 2.24) is 4.98 Å². The minimum atomic E-state index is -2.43. The molecule has 0 saturated heterocycles. The molecule has 0 aliphatic heterocycles. The fourth-order valence-electron chi connectivity index (χ4n) is 4.63. The van der Waals surface area contributed by atoms with Crippen molar-refractivity contribution in [2.45, 2.75) is 59.5 Å². The SMILES string of the molecule is CC(C)[Si](c1ccccn1)(c1cc(-c2ccccc2)ccc1OC(=O)C(C)(C)C)C(C)C. The minimum absolute atomic E-state index is 0.220. The molecule has 0 N–H and O–H groups in total. The molecule has 0 fully saturated rings. The first-order valence-electron chi connectivity index (χ1n) is 11.4. The Balaban J connectivity index is 2.33. The van der Waals surface area contributed by atoms with Crippen LogP contribution in [0.15, 0.2) is 72.9 Å². The lowest BCUT2D eigenvalue weighted by Crippen LogP contribution is -2.64. The Bertz CT molecular complexity index is 1050. The standard InChI is InChI=1S/C28H35NO2Si/c1-20(2)32(21(3)4,26-15-11-12-18-29-26)25-19-23(22-13-9-8-10-14-22)16-17-24(25)31-27(30)28(5,6)7/h8-21H,1-7H3. The van der Waals surface area contributed by atoms with E-state index in [0.29, 0.717) is 16.8 Å². The number of benzene rings is 2. The molecule has 1 heterocycles. The van der Waals surface area contributed by atoms with Crippen LogP contribution in [0.1, 0.15) is 48.5 Å². The zero-order valence-electron chi connectivity index (χ0n) is 20.3. The van der Waals surface area contributed by atoms with Gasteiger partial charge in [-0.2, -0.15) is 0 Å². The summed E-state index contributed by atoms with van der Waals surface area (Å²) in [5, 5.41) is 2.27. The molecule has 3 aromatic rings. The van der Waals surface area contributed by atoms with Gasteiger partial charge in [-0.05, 0) is 66.4 Å². The number of rotatable bonds is 6. The van der Waals surface area contributed by atoms with Gasteiger partial charge in [-0.25, -0.2) is 0 Å². The first-order valence-corrected chi connectivity index (χ1v) is 13.6. The number of carbonyl (C=O) groups is 1. The zero-order valence-corrected chi connectivity index (χ0v) is 21.3. The molecule has 3 nitrogen and oxygen atoms in total. The van der Waals surface area contributed by atoms with E-state index in [-0.39, 0.29) is 5.97 Å². The van der Waals surface area contributed by atoms with E-state index < -0.39 is 13.5 Å². The molecule has 0 spiro atoms. The Morgan fingerprint density at radius 1 is 0.844 bits per heavy atom. The van der Waals surface area contributed by atoms with Crippen LogP contribution in [0.5, 0.6) is 5.75 Å². The molecule has 168 valence electrons. The lowest BCUT2D eigenvalue weighted by molar-refractivity contribution is -0.142. The van der Waals surface area contributed by atoms with E-state index in [1.54, 1.807) is 0 Å². The maximum atomic E-state index is 12.9. The zero-order chi connectivity index (χ0) is 23.5. The molecule has 0 aliphatic carbocycles. The van der Waals surface area contributed by atoms with Gasteiger partial charge in [0.1, 0.15) is 5.75 Å². The highest BCUT2D eigenvalue weighted by Gasteiger charge is 2.47. The predicted octanol–water partition coefficient (Wildman–Crippen LogP) is 6.08. The predicted molar refractivity (Wildman–Crippen MR) is 136 cm³/mol. The fraction of sp³-hybridized carbons (Fsp3) is 0.357. The average Bonchev–Trinajstić information content (AvgIpc) is 2.75. The van der Waals surface area contributed by atoms with Gasteiger partial charge < -0.3 is 4.74 Å². The van der Waals surface area contributed by atoms with Crippen LogP contribution in [-0.2, 0) is 4.79 Å². The van der Waals surface area contributed by atoms with E-state index in [0.717, 1.165) is 21.6 Å². The fourth-order valence-corrected chi connectivity index (χ4v) is 10.3. The molecule has 2 aromatic carbocycles. The van der Waals surface area contributed by atoms with Gasteiger partial charge in [-0.3, -0.25) is 9.78 Å². The second kappa shape index (κ2) is 9.41. The normalized spacial score (nSPS) is 12.3. The van der Waals surface area contributed by atoms with Crippen LogP contribution in [0.3, 0.4) is 0 Å². The van der Waals surface area contributed by atoms with Crippen molar-refractivity contribution in [3.63, 3.8) is 0 Å². The van der Waals surface area contributed by atoms with Crippen molar-refractivity contribution in [3.8, 4) is 16.9 Å². The van der Waals surface area contributed by atoms with Crippen LogP contribution in [0.25, 0.3) is 11.1 Å². The van der Waals surface area contributed by atoms with E-state index in [1.165, 1.54) is 0 Å². The lowest BCUT2D eigenvalue weighted by Gasteiger charge is -2.40. The number of pyridine rings is 1. The van der Waals surface area contributed by atoms with Crippen molar-refractivity contribution in [2.75, 3.05) is 0 Å². The number of aromatic nitrogens is 1. The molecule has 0 saturated carbocycles. The number of nitrogens with zero attached hydrogens (tertiary/aromatic N) is 1. The Labute approximate surface area is 193 Å². The van der Waals surface area contributed by atoms with Gasteiger partial charge >= 0.3 is 5.97 Å². The molecule has 3 rings (SSSR count). The molecule has 0 bridgehead atoms. The van der Waals surface area contributed by atoms with Crippen molar-refractivity contribution in [1.29, 1.82) is 0 Å². The second-order valence-electron chi connectivity index (χ2n) is 10.1. The van der Waals surface area contributed by atoms with Crippen LogP contribution in [0, 0.1) is 5.41 Å². The summed E-state index contributed by atoms with van der Waals surface area (Å²) in [6, 6.07) is 22.8. The van der Waals surface area contributed by atoms with Gasteiger partial charge in [0.2, 0.25) is 0 Å². The monoisotopic (exact) mass is 445 g/mol. The van der Waals surface area contributed by atoms with Crippen molar-refractivity contribution >= 4 is 24.5 Å². The smallest absolute Gasteiger partial charge is 0.316 e. The highest BCUT2D eigenvalue weighted by Crippen LogP contribution is 2.36. The average molecular weight is 446 g/mol. The lowest BCUT2D eigenvalue weighted by atomic mass is 9.97. The Kier molecular flexibility index (Phi) is 7.04. The van der Waals surface area contributed by atoms with Crippen molar-refractivity contribution in [3.05, 3.63) is 72.9 Å². The van der Waals surface area contributed by atoms with Gasteiger partial charge in [-0.1, -0.05) is 76.2 Å². The van der Waals surface area contributed by atoms with Crippen LogP contribution in [0.2, 0.25) is 11.1 Å². The van der Waals surface area contributed by atoms with E-state index in [1.807, 2.05) is 45.2 Å². The van der Waals surface area contributed by atoms with Crippen molar-refractivity contribution in [2.24, 2.45) is 5.41 Å². The number of ether oxygens (including phenoxy) is 1. The van der Waals surface area contributed by atoms with Crippen LogP contribution in [0.4, 0.5) is 0 Å². The van der Waals surface area contributed by atoms with Gasteiger partial charge in [-0.15, -0.1) is 0 Å². The Hall–Kier alpha value is -2.72. The third-order valence-electron chi connectivity index (χ3n) is 6.26. The Morgan fingerprint density at radius 3 is 2.00 bits per heavy atom. The van der Waals surface area contributed by atoms with E-state index in [4.69, 9.17) is 9.72 Å². The van der Waals surface area contributed by atoms with Crippen LogP contribution >= 0.6 is 0 Å². The number of carbonyl (C=O) groups excluding carboxylic acids is 1. The molecule has 32 heavy (non-hydrogen) atoms. The highest BCUT2D eigenvalue weighted by atomic mass is 28.3. The summed E-state index contributed by atoms with van der Waals surface area (Å²) < 4.78 is 6.10. The molecular formula is C28H35NO2Si. The first kappa shape index (κ1) is 23.9. The number of hydrogen-bond acceptors (Lipinski definition) is 3. The van der Waals surface area contributed by atoms with Crippen molar-refractivity contribution < 1.29 is 9.53 Å². The summed E-state index contributed by atoms with van der Waals surface area (Å²) >= 11 is 0. The molecule has 0 amide bonds. The first-order chi connectivity index (χ1) is 15.1. The molecule has 1 aromatic heterocycles. The van der Waals surface area contributed by atoms with Crippen LogP contribution < -0.4 is 15.2 Å². The summed E-state index contributed by atoms with van der Waals surface area (Å²) in [7, 11) is -2.43. The van der Waals surface area contributed by atoms with Gasteiger partial charge in [0.15, 0.2) is 8.07 Å². The van der Waals surface area contributed by atoms with Crippen LogP contribution in [-0.4, -0.2) is 19.0 Å². The Morgan fingerprint density at radius 2 is 1.47 bits per heavy atom. The molecular weight excluding hydrogens is 410 g/mol. The molecule has 4 heteroatoms. The molecule has 0 radical (unpaired) electrons. The summed E-state index contributed by atoms with van der Waals surface area (Å²) in [6.07, 6.45) is 1.88. The van der Waals surface area contributed by atoms with Gasteiger partial charge in [0.05, 0.1) is 5.41 Å². The topological polar surface area (TPSA) is 39.2 Å². The minimum Gasteiger partial charge on any atom is -0.426 e. The summed E-state index contributed by atoms with van der Waals surface area (Å²) in [5.41, 5.74) is 2.41. The largest absolute Gasteiger partial charge is 0.426 e. The maximum absolute atomic E-state index is 12.9. The molecule has 0 aliphatic rings. The third-order valence-corrected chi connectivity index (χ3v) is 12.3. The second-order valence-corrected chi connectivity index (χ2v) is 15.2. The highest BCUT2D eigenvalue weighted by molar-refractivity contribution is 7.04.